The zero-order chi connectivity index (χ0) is 12.6. The fourth-order valence-corrected chi connectivity index (χ4v) is 2.57. The van der Waals surface area contributed by atoms with Crippen molar-refractivity contribution >= 4 is 21.6 Å². The third kappa shape index (κ3) is 2.48. The largest absolute Gasteiger partial charge is 0.326 e. The number of hydrogen-bond donors (Lipinski definition) is 1. The quantitative estimate of drug-likeness (QED) is 0.857. The molecule has 0 aliphatic carbocycles. The van der Waals surface area contributed by atoms with E-state index >= 15 is 0 Å². The molecule has 1 aliphatic heterocycles. The fourth-order valence-electron chi connectivity index (χ4n) is 1.71. The Bertz CT molecular complexity index is 564. The van der Waals surface area contributed by atoms with Crippen molar-refractivity contribution in [2.45, 2.75) is 12.2 Å². The average molecular weight is 254 g/mol. The molecule has 1 aliphatic rings. The topological polar surface area (TPSA) is 66.5 Å². The lowest BCUT2D eigenvalue weighted by atomic mass is 10.1. The van der Waals surface area contributed by atoms with E-state index in [1.54, 1.807) is 18.2 Å². The number of rotatable bonds is 3. The summed E-state index contributed by atoms with van der Waals surface area (Å²) in [5, 5.41) is 2.71. The molecule has 1 aromatic carbocycles. The Labute approximate surface area is 100 Å². The number of amides is 1. The van der Waals surface area contributed by atoms with E-state index in [1.165, 1.54) is 18.4 Å². The molecule has 1 amide bonds. The number of carbonyl (C=O) groups excluding carboxylic acids is 1. The van der Waals surface area contributed by atoms with Crippen molar-refractivity contribution in [1.82, 2.24) is 4.31 Å². The zero-order valence-electron chi connectivity index (χ0n) is 9.73. The van der Waals surface area contributed by atoms with Crippen molar-refractivity contribution in [2.24, 2.45) is 0 Å². The van der Waals surface area contributed by atoms with E-state index in [1.807, 2.05) is 0 Å². The first kappa shape index (κ1) is 12.1. The Morgan fingerprint density at radius 3 is 2.71 bits per heavy atom. The molecular weight excluding hydrogens is 240 g/mol. The number of benzene rings is 1. The summed E-state index contributed by atoms with van der Waals surface area (Å²) < 4.78 is 24.6. The molecule has 0 spiro atoms. The highest BCUT2D eigenvalue weighted by molar-refractivity contribution is 7.88. The van der Waals surface area contributed by atoms with Crippen LogP contribution in [0.2, 0.25) is 0 Å². The highest BCUT2D eigenvalue weighted by Crippen LogP contribution is 2.24. The van der Waals surface area contributed by atoms with Crippen LogP contribution in [0.1, 0.15) is 11.1 Å². The van der Waals surface area contributed by atoms with Crippen LogP contribution >= 0.6 is 0 Å². The van der Waals surface area contributed by atoms with Crippen LogP contribution in [0.4, 0.5) is 5.69 Å². The minimum absolute atomic E-state index is 0.0402. The molecule has 0 bridgehead atoms. The number of nitrogens with zero attached hydrogens (tertiary/aromatic N) is 1. The first-order valence-corrected chi connectivity index (χ1v) is 6.81. The van der Waals surface area contributed by atoms with E-state index in [0.29, 0.717) is 12.0 Å². The molecule has 0 saturated heterocycles. The van der Waals surface area contributed by atoms with Crippen LogP contribution in [0, 0.1) is 0 Å². The van der Waals surface area contributed by atoms with Gasteiger partial charge in [-0.2, -0.15) is 0 Å². The number of sulfonamides is 1. The van der Waals surface area contributed by atoms with Gasteiger partial charge in [0.15, 0.2) is 0 Å². The van der Waals surface area contributed by atoms with Crippen molar-refractivity contribution in [3.05, 3.63) is 29.3 Å². The molecule has 0 aromatic heterocycles. The second-order valence-corrected chi connectivity index (χ2v) is 6.44. The number of anilines is 1. The molecule has 92 valence electrons. The standard InChI is InChI=1S/C11H14N2O3S/c1-13(2)17(15,16)7-8-3-4-10-9(5-8)6-11(14)12-10/h3-5H,6-7H2,1-2H3,(H,12,14). The molecular formula is C11H14N2O3S. The van der Waals surface area contributed by atoms with Crippen LogP contribution in [0.5, 0.6) is 0 Å². The molecule has 0 unspecified atom stereocenters. The van der Waals surface area contributed by atoms with E-state index in [2.05, 4.69) is 5.32 Å². The van der Waals surface area contributed by atoms with Crippen LogP contribution < -0.4 is 5.32 Å². The highest BCUT2D eigenvalue weighted by atomic mass is 32.2. The molecule has 0 atom stereocenters. The maximum atomic E-state index is 11.7. The van der Waals surface area contributed by atoms with Crippen molar-refractivity contribution in [2.75, 3.05) is 19.4 Å². The van der Waals surface area contributed by atoms with Crippen molar-refractivity contribution < 1.29 is 13.2 Å². The van der Waals surface area contributed by atoms with E-state index in [0.717, 1.165) is 11.3 Å². The SMILES string of the molecule is CN(C)S(=O)(=O)Cc1ccc2c(c1)CC(=O)N2. The van der Waals surface area contributed by atoms with Crippen LogP contribution in [0.3, 0.4) is 0 Å². The van der Waals surface area contributed by atoms with Gasteiger partial charge in [0, 0.05) is 19.8 Å². The Morgan fingerprint density at radius 1 is 1.35 bits per heavy atom. The summed E-state index contributed by atoms with van der Waals surface area (Å²) in [6, 6.07) is 5.25. The van der Waals surface area contributed by atoms with Gasteiger partial charge in [0.05, 0.1) is 12.2 Å². The molecule has 6 heteroatoms. The van der Waals surface area contributed by atoms with Gasteiger partial charge >= 0.3 is 0 Å². The van der Waals surface area contributed by atoms with Crippen molar-refractivity contribution in [3.8, 4) is 0 Å². The smallest absolute Gasteiger partial charge is 0.228 e. The summed E-state index contributed by atoms with van der Waals surface area (Å²) in [7, 11) is -0.239. The Balaban J connectivity index is 2.26. The van der Waals surface area contributed by atoms with Gasteiger partial charge in [0.25, 0.3) is 0 Å². The summed E-state index contributed by atoms with van der Waals surface area (Å²) in [5.74, 6) is -0.0887. The summed E-state index contributed by atoms with van der Waals surface area (Å²) in [6.07, 6.45) is 0.325. The maximum Gasteiger partial charge on any atom is 0.228 e. The first-order valence-electron chi connectivity index (χ1n) is 5.20. The zero-order valence-corrected chi connectivity index (χ0v) is 10.5. The van der Waals surface area contributed by atoms with Crippen LogP contribution in [0.25, 0.3) is 0 Å². The van der Waals surface area contributed by atoms with Gasteiger partial charge in [-0.25, -0.2) is 12.7 Å². The van der Waals surface area contributed by atoms with E-state index in [9.17, 15) is 13.2 Å². The molecule has 0 saturated carbocycles. The fraction of sp³-hybridized carbons (Fsp3) is 0.364. The normalized spacial score (nSPS) is 14.9. The number of nitrogens with one attached hydrogen (secondary N) is 1. The van der Waals surface area contributed by atoms with Gasteiger partial charge < -0.3 is 5.32 Å². The summed E-state index contributed by atoms with van der Waals surface area (Å²) >= 11 is 0. The van der Waals surface area contributed by atoms with E-state index in [4.69, 9.17) is 0 Å². The van der Waals surface area contributed by atoms with Gasteiger partial charge in [-0.05, 0) is 17.2 Å². The summed E-state index contributed by atoms with van der Waals surface area (Å²) in [4.78, 5) is 11.2. The minimum Gasteiger partial charge on any atom is -0.326 e. The van der Waals surface area contributed by atoms with Gasteiger partial charge in [-0.3, -0.25) is 4.79 Å². The second kappa shape index (κ2) is 4.12. The van der Waals surface area contributed by atoms with Crippen molar-refractivity contribution in [3.63, 3.8) is 0 Å². The lowest BCUT2D eigenvalue weighted by Gasteiger charge is -2.11. The molecule has 0 radical (unpaired) electrons. The van der Waals surface area contributed by atoms with Crippen LogP contribution in [-0.2, 0) is 27.0 Å². The third-order valence-corrected chi connectivity index (χ3v) is 4.51. The van der Waals surface area contributed by atoms with Gasteiger partial charge in [0.1, 0.15) is 0 Å². The van der Waals surface area contributed by atoms with Crippen LogP contribution in [0.15, 0.2) is 18.2 Å². The number of carbonyl (C=O) groups is 1. The first-order chi connectivity index (χ1) is 7.88. The lowest BCUT2D eigenvalue weighted by molar-refractivity contribution is -0.115. The predicted molar refractivity (Wildman–Crippen MR) is 65.1 cm³/mol. The lowest BCUT2D eigenvalue weighted by Crippen LogP contribution is -2.23. The molecule has 1 heterocycles. The minimum atomic E-state index is -3.25. The van der Waals surface area contributed by atoms with Gasteiger partial charge in [-0.15, -0.1) is 0 Å². The molecule has 2 rings (SSSR count). The monoisotopic (exact) mass is 254 g/mol. The average Bonchev–Trinajstić information content (AvgIpc) is 2.56. The Kier molecular flexibility index (Phi) is 2.92. The predicted octanol–water partition coefficient (Wildman–Crippen LogP) is 0.573. The van der Waals surface area contributed by atoms with Crippen molar-refractivity contribution in [1.29, 1.82) is 0 Å². The Hall–Kier alpha value is -1.40. The summed E-state index contributed by atoms with van der Waals surface area (Å²) in [5.41, 5.74) is 2.34. The number of fused-ring (bicyclic) bond motifs is 1. The second-order valence-electron chi connectivity index (χ2n) is 4.26. The molecule has 0 fully saturated rings. The number of hydrogen-bond acceptors (Lipinski definition) is 3. The maximum absolute atomic E-state index is 11.7. The van der Waals surface area contributed by atoms with Gasteiger partial charge in [-0.1, -0.05) is 12.1 Å². The van der Waals surface area contributed by atoms with Crippen LogP contribution in [-0.4, -0.2) is 32.7 Å². The Morgan fingerprint density at radius 2 is 2.06 bits per heavy atom. The molecule has 17 heavy (non-hydrogen) atoms. The van der Waals surface area contributed by atoms with E-state index < -0.39 is 10.0 Å². The van der Waals surface area contributed by atoms with Gasteiger partial charge in [0.2, 0.25) is 15.9 Å². The molecule has 1 aromatic rings. The molecule has 1 N–H and O–H groups in total. The molecule has 5 nitrogen and oxygen atoms in total. The van der Waals surface area contributed by atoms with E-state index in [-0.39, 0.29) is 11.7 Å². The highest BCUT2D eigenvalue weighted by Gasteiger charge is 2.20. The summed E-state index contributed by atoms with van der Waals surface area (Å²) in [6.45, 7) is 0. The third-order valence-electron chi connectivity index (χ3n) is 2.70.